The highest BCUT2D eigenvalue weighted by molar-refractivity contribution is 6.11. The van der Waals surface area contributed by atoms with Crippen molar-refractivity contribution in [2.45, 2.75) is 0 Å². The molecule has 0 aliphatic heterocycles. The van der Waals surface area contributed by atoms with E-state index in [4.69, 9.17) is 0 Å². The lowest BCUT2D eigenvalue weighted by molar-refractivity contribution is 0.104. The second kappa shape index (κ2) is 2.82. The Balaban J connectivity index is 2.74. The summed E-state index contributed by atoms with van der Waals surface area (Å²) in [7, 11) is 0. The van der Waals surface area contributed by atoms with Gasteiger partial charge in [-0.25, -0.2) is 0 Å². The summed E-state index contributed by atoms with van der Waals surface area (Å²) in [6, 6.07) is 5.29. The first-order chi connectivity index (χ1) is 6.33. The number of nitrogens with one attached hydrogen (secondary N) is 1. The van der Waals surface area contributed by atoms with Gasteiger partial charge in [0.25, 0.3) is 0 Å². The minimum atomic E-state index is -0.139. The molecule has 0 amide bonds. The number of H-pyrrole nitrogens is 1. The van der Waals surface area contributed by atoms with Crippen LogP contribution in [0.4, 0.5) is 0 Å². The van der Waals surface area contributed by atoms with Gasteiger partial charge in [-0.3, -0.25) is 9.89 Å². The number of allylic oxidation sites excluding steroid dienone is 1. The maximum atomic E-state index is 11.3. The Bertz CT molecular complexity index is 472. The van der Waals surface area contributed by atoms with Crippen molar-refractivity contribution in [2.75, 3.05) is 0 Å². The zero-order valence-corrected chi connectivity index (χ0v) is 6.82. The Kier molecular flexibility index (Phi) is 1.66. The summed E-state index contributed by atoms with van der Waals surface area (Å²) in [5.41, 5.74) is 1.88. The van der Waals surface area contributed by atoms with Gasteiger partial charge < -0.3 is 0 Å². The third-order valence-electron chi connectivity index (χ3n) is 1.81. The standard InChI is InChI=1S/C9H7N3O/c1-2-8(13)6-4-3-5-7-9(6)11-12-10-7/h2-5H,1H2,(H,10,11,12). The van der Waals surface area contributed by atoms with Crippen LogP contribution in [0.2, 0.25) is 0 Å². The average Bonchev–Trinajstić information content (AvgIpc) is 2.63. The molecule has 0 unspecified atom stereocenters. The lowest BCUT2D eigenvalue weighted by atomic mass is 10.1. The lowest BCUT2D eigenvalue weighted by Gasteiger charge is -1.94. The first-order valence-corrected chi connectivity index (χ1v) is 3.79. The minimum absolute atomic E-state index is 0.139. The van der Waals surface area contributed by atoms with E-state index in [1.807, 2.05) is 6.07 Å². The molecule has 0 spiro atoms. The molecular weight excluding hydrogens is 166 g/mol. The number of aromatic amines is 1. The van der Waals surface area contributed by atoms with E-state index < -0.39 is 0 Å². The number of carbonyl (C=O) groups is 1. The van der Waals surface area contributed by atoms with E-state index in [0.717, 1.165) is 5.52 Å². The van der Waals surface area contributed by atoms with Gasteiger partial charge in [0.2, 0.25) is 0 Å². The van der Waals surface area contributed by atoms with Gasteiger partial charge in [0.15, 0.2) is 5.78 Å². The smallest absolute Gasteiger partial charge is 0.187 e. The number of aromatic nitrogens is 3. The van der Waals surface area contributed by atoms with E-state index in [0.29, 0.717) is 11.1 Å². The lowest BCUT2D eigenvalue weighted by Crippen LogP contribution is -1.94. The highest BCUT2D eigenvalue weighted by atomic mass is 16.1. The first kappa shape index (κ1) is 7.67. The van der Waals surface area contributed by atoms with Crippen molar-refractivity contribution in [3.8, 4) is 0 Å². The maximum absolute atomic E-state index is 11.3. The molecule has 0 atom stereocenters. The molecule has 0 aliphatic rings. The summed E-state index contributed by atoms with van der Waals surface area (Å²) in [6.07, 6.45) is 1.27. The van der Waals surface area contributed by atoms with Crippen LogP contribution < -0.4 is 0 Å². The van der Waals surface area contributed by atoms with Gasteiger partial charge in [-0.2, -0.15) is 0 Å². The fraction of sp³-hybridized carbons (Fsp3) is 0. The molecule has 1 heterocycles. The number of rotatable bonds is 2. The largest absolute Gasteiger partial charge is 0.289 e. The Morgan fingerprint density at radius 1 is 1.54 bits per heavy atom. The Labute approximate surface area is 74.3 Å². The molecule has 1 aromatic heterocycles. The highest BCUT2D eigenvalue weighted by Crippen LogP contribution is 2.13. The van der Waals surface area contributed by atoms with Crippen LogP contribution in [-0.4, -0.2) is 21.2 Å². The highest BCUT2D eigenvalue weighted by Gasteiger charge is 2.08. The molecule has 1 aromatic carbocycles. The van der Waals surface area contributed by atoms with Crippen LogP contribution in [-0.2, 0) is 0 Å². The van der Waals surface area contributed by atoms with E-state index in [1.165, 1.54) is 6.08 Å². The summed E-state index contributed by atoms with van der Waals surface area (Å²) >= 11 is 0. The van der Waals surface area contributed by atoms with Crippen molar-refractivity contribution in [3.05, 3.63) is 36.4 Å². The molecule has 2 aromatic rings. The molecule has 0 radical (unpaired) electrons. The fourth-order valence-corrected chi connectivity index (χ4v) is 1.18. The summed E-state index contributed by atoms with van der Waals surface area (Å²) in [5, 5.41) is 10.1. The number of hydrogen-bond donors (Lipinski definition) is 1. The Morgan fingerprint density at radius 2 is 2.38 bits per heavy atom. The van der Waals surface area contributed by atoms with Crippen molar-refractivity contribution < 1.29 is 4.79 Å². The van der Waals surface area contributed by atoms with Crippen LogP contribution in [0.15, 0.2) is 30.9 Å². The molecule has 4 heteroatoms. The predicted octanol–water partition coefficient (Wildman–Crippen LogP) is 1.33. The Hall–Kier alpha value is -1.97. The van der Waals surface area contributed by atoms with E-state index >= 15 is 0 Å². The molecular formula is C9H7N3O. The second-order valence-electron chi connectivity index (χ2n) is 2.58. The van der Waals surface area contributed by atoms with Crippen molar-refractivity contribution in [1.29, 1.82) is 0 Å². The van der Waals surface area contributed by atoms with E-state index in [9.17, 15) is 4.79 Å². The number of ketones is 1. The molecule has 1 N–H and O–H groups in total. The molecule has 0 saturated carbocycles. The molecule has 0 aliphatic carbocycles. The number of fused-ring (bicyclic) bond motifs is 1. The summed E-state index contributed by atoms with van der Waals surface area (Å²) < 4.78 is 0. The van der Waals surface area contributed by atoms with Gasteiger partial charge >= 0.3 is 0 Å². The summed E-state index contributed by atoms with van der Waals surface area (Å²) in [4.78, 5) is 11.3. The van der Waals surface area contributed by atoms with Crippen LogP contribution >= 0.6 is 0 Å². The van der Waals surface area contributed by atoms with Gasteiger partial charge in [0.1, 0.15) is 5.52 Å². The number of carbonyl (C=O) groups excluding carboxylic acids is 1. The van der Waals surface area contributed by atoms with Crippen LogP contribution in [0.1, 0.15) is 10.4 Å². The van der Waals surface area contributed by atoms with Crippen LogP contribution in [0.3, 0.4) is 0 Å². The zero-order valence-electron chi connectivity index (χ0n) is 6.82. The second-order valence-corrected chi connectivity index (χ2v) is 2.58. The van der Waals surface area contributed by atoms with Gasteiger partial charge in [0, 0.05) is 0 Å². The van der Waals surface area contributed by atoms with Gasteiger partial charge in [-0.1, -0.05) is 17.9 Å². The molecule has 0 fully saturated rings. The summed E-state index contributed by atoms with van der Waals surface area (Å²) in [6.45, 7) is 3.42. The average molecular weight is 173 g/mol. The van der Waals surface area contributed by atoms with Crippen molar-refractivity contribution >= 4 is 16.8 Å². The normalized spacial score (nSPS) is 10.2. The van der Waals surface area contributed by atoms with Crippen LogP contribution in [0.25, 0.3) is 11.0 Å². The predicted molar refractivity (Wildman–Crippen MR) is 48.4 cm³/mol. The Morgan fingerprint density at radius 3 is 3.15 bits per heavy atom. The van der Waals surface area contributed by atoms with Gasteiger partial charge in [-0.15, -0.1) is 5.10 Å². The first-order valence-electron chi connectivity index (χ1n) is 3.79. The van der Waals surface area contributed by atoms with Gasteiger partial charge in [0.05, 0.1) is 11.1 Å². The van der Waals surface area contributed by atoms with Crippen LogP contribution in [0, 0.1) is 0 Å². The van der Waals surface area contributed by atoms with E-state index in [1.54, 1.807) is 12.1 Å². The molecule has 2 rings (SSSR count). The molecule has 64 valence electrons. The topological polar surface area (TPSA) is 58.6 Å². The number of nitrogens with zero attached hydrogens (tertiary/aromatic N) is 2. The third-order valence-corrected chi connectivity index (χ3v) is 1.81. The van der Waals surface area contributed by atoms with E-state index in [-0.39, 0.29) is 5.78 Å². The van der Waals surface area contributed by atoms with Gasteiger partial charge in [-0.05, 0) is 18.2 Å². The molecule has 13 heavy (non-hydrogen) atoms. The van der Waals surface area contributed by atoms with Crippen molar-refractivity contribution in [2.24, 2.45) is 0 Å². The van der Waals surface area contributed by atoms with Crippen LogP contribution in [0.5, 0.6) is 0 Å². The van der Waals surface area contributed by atoms with Crippen molar-refractivity contribution in [1.82, 2.24) is 15.4 Å². The number of benzene rings is 1. The van der Waals surface area contributed by atoms with E-state index in [2.05, 4.69) is 22.0 Å². The molecule has 4 nitrogen and oxygen atoms in total. The van der Waals surface area contributed by atoms with Crippen molar-refractivity contribution in [3.63, 3.8) is 0 Å². The third kappa shape index (κ3) is 1.12. The maximum Gasteiger partial charge on any atom is 0.187 e. The quantitative estimate of drug-likeness (QED) is 0.550. The molecule has 0 bridgehead atoms. The monoisotopic (exact) mass is 173 g/mol. The number of hydrogen-bond acceptors (Lipinski definition) is 3. The fourth-order valence-electron chi connectivity index (χ4n) is 1.18. The SMILES string of the molecule is C=CC(=O)c1cccc2[nH]nnc12. The molecule has 0 saturated heterocycles. The zero-order chi connectivity index (χ0) is 9.26. The minimum Gasteiger partial charge on any atom is -0.289 e. The summed E-state index contributed by atoms with van der Waals surface area (Å²) in [5.74, 6) is -0.139.